The van der Waals surface area contributed by atoms with E-state index >= 15 is 0 Å². The number of nitrogens with two attached hydrogens (primary N) is 1. The van der Waals surface area contributed by atoms with E-state index in [9.17, 15) is 14.8 Å². The molecule has 24 heavy (non-hydrogen) atoms. The fourth-order valence-electron chi connectivity index (χ4n) is 2.83. The number of thiol groups is 1. The maximum atomic E-state index is 11.9. The van der Waals surface area contributed by atoms with Gasteiger partial charge in [0.15, 0.2) is 11.7 Å². The number of nitrogens with one attached hydrogen (secondary N) is 1. The topological polar surface area (TPSA) is 145 Å². The quantitative estimate of drug-likeness (QED) is 0.355. The molecule has 0 amide bonds. The molecule has 0 spiro atoms. The van der Waals surface area contributed by atoms with E-state index in [1.165, 1.54) is 13.4 Å². The lowest BCUT2D eigenvalue weighted by molar-refractivity contribution is -0.0580. The molecule has 2 aromatic heterocycles. The average molecular weight is 376 g/mol. The van der Waals surface area contributed by atoms with Crippen molar-refractivity contribution >= 4 is 36.7 Å². The van der Waals surface area contributed by atoms with E-state index in [0.717, 1.165) is 0 Å². The first-order valence-electron chi connectivity index (χ1n) is 6.95. The first-order valence-corrected chi connectivity index (χ1v) is 9.32. The van der Waals surface area contributed by atoms with Crippen LogP contribution in [0.2, 0.25) is 0 Å². The zero-order valence-electron chi connectivity index (χ0n) is 12.6. The van der Waals surface area contributed by atoms with Gasteiger partial charge >= 0.3 is 0 Å². The molecule has 12 heteroatoms. The summed E-state index contributed by atoms with van der Waals surface area (Å²) in [4.78, 5) is 27.9. The van der Waals surface area contributed by atoms with Crippen molar-refractivity contribution < 1.29 is 24.0 Å². The minimum atomic E-state index is -1.97. The lowest BCUT2D eigenvalue weighted by Gasteiger charge is -2.23. The summed E-state index contributed by atoms with van der Waals surface area (Å²) >= 11 is 3.85. The number of aromatic nitrogens is 3. The highest BCUT2D eigenvalue weighted by atomic mass is 32.7. The van der Waals surface area contributed by atoms with Gasteiger partial charge in [-0.1, -0.05) is 12.2 Å². The van der Waals surface area contributed by atoms with Crippen LogP contribution in [-0.4, -0.2) is 56.6 Å². The number of imidazole rings is 1. The Labute approximate surface area is 142 Å². The van der Waals surface area contributed by atoms with E-state index in [4.69, 9.17) is 19.7 Å². The summed E-state index contributed by atoms with van der Waals surface area (Å²) in [7, 11) is -0.520. The lowest BCUT2D eigenvalue weighted by Crippen LogP contribution is -2.36. The number of H-pyrrole nitrogens is 1. The molecule has 0 bridgehead atoms. The predicted octanol–water partition coefficient (Wildman–Crippen LogP) is -0.254. The first-order chi connectivity index (χ1) is 11.5. The zero-order valence-corrected chi connectivity index (χ0v) is 14.4. The number of methoxy groups -OCH3 is 1. The Morgan fingerprint density at radius 1 is 1.58 bits per heavy atom. The minimum absolute atomic E-state index is 0.182. The fraction of sp³-hybridized carbons (Fsp3) is 0.500. The number of rotatable bonds is 5. The van der Waals surface area contributed by atoms with Crippen LogP contribution in [0.15, 0.2) is 17.2 Å². The van der Waals surface area contributed by atoms with Crippen LogP contribution in [-0.2, 0) is 14.0 Å². The Balaban J connectivity index is 2.04. The summed E-state index contributed by atoms with van der Waals surface area (Å²) in [6.07, 6.45) is -1.44. The van der Waals surface area contributed by atoms with Crippen molar-refractivity contribution in [1.29, 1.82) is 0 Å². The molecule has 1 aliphatic heterocycles. The third-order valence-electron chi connectivity index (χ3n) is 3.82. The van der Waals surface area contributed by atoms with E-state index in [2.05, 4.69) is 22.2 Å². The number of aliphatic hydroxyl groups is 1. The number of anilines is 1. The zero-order chi connectivity index (χ0) is 17.4. The molecule has 0 aromatic carbocycles. The third-order valence-corrected chi connectivity index (χ3v) is 4.54. The Hall–Kier alpha value is -1.20. The van der Waals surface area contributed by atoms with E-state index < -0.39 is 37.7 Å². The molecule has 0 radical (unpaired) electrons. The molecule has 0 aliphatic carbocycles. The van der Waals surface area contributed by atoms with Crippen molar-refractivity contribution in [1.82, 2.24) is 14.5 Å². The normalized spacial score (nSPS) is 28.5. The van der Waals surface area contributed by atoms with Gasteiger partial charge in [-0.25, -0.2) is 4.98 Å². The number of aromatic amines is 1. The number of pyridine rings is 1. The molecule has 3 rings (SSSR count). The molecule has 132 valence electrons. The Morgan fingerprint density at radius 2 is 2.33 bits per heavy atom. The summed E-state index contributed by atoms with van der Waals surface area (Å²) in [5.41, 5.74) is 5.93. The molecular weight excluding hydrogens is 359 g/mol. The number of aliphatic hydroxyl groups excluding tert-OH is 1. The lowest BCUT2D eigenvalue weighted by atomic mass is 10.1. The summed E-state index contributed by atoms with van der Waals surface area (Å²) < 4.78 is 18.2. The van der Waals surface area contributed by atoms with Crippen molar-refractivity contribution in [3.63, 3.8) is 0 Å². The summed E-state index contributed by atoms with van der Waals surface area (Å²) in [5.74, 6) is 0.182. The Kier molecular flexibility index (Phi) is 5.11. The molecule has 5 unspecified atom stereocenters. The molecule has 10 nitrogen and oxygen atoms in total. The molecule has 5 N–H and O–H groups in total. The van der Waals surface area contributed by atoms with E-state index in [1.54, 1.807) is 10.6 Å². The van der Waals surface area contributed by atoms with Crippen molar-refractivity contribution in [3.8, 4) is 0 Å². The van der Waals surface area contributed by atoms with E-state index in [0.29, 0.717) is 5.52 Å². The maximum absolute atomic E-state index is 11.9. The van der Waals surface area contributed by atoms with Gasteiger partial charge in [0.25, 0.3) is 5.56 Å². The molecule has 3 heterocycles. The molecule has 5 atom stereocenters. The average Bonchev–Trinajstić information content (AvgIpc) is 3.07. The summed E-state index contributed by atoms with van der Waals surface area (Å²) in [6, 6.07) is 1.56. The van der Waals surface area contributed by atoms with Crippen LogP contribution >= 0.6 is 19.8 Å². The maximum Gasteiger partial charge on any atom is 0.277 e. The number of nitrogens with zero attached hydrogens (tertiary/aromatic N) is 2. The Morgan fingerprint density at radius 3 is 2.96 bits per heavy atom. The molecular formula is C12H17N4O6PS. The van der Waals surface area contributed by atoms with Crippen molar-refractivity contribution in [2.45, 2.75) is 24.5 Å². The third kappa shape index (κ3) is 3.04. The highest BCUT2D eigenvalue weighted by Gasteiger charge is 2.47. The van der Waals surface area contributed by atoms with E-state index in [-0.39, 0.29) is 17.9 Å². The van der Waals surface area contributed by atoms with Crippen molar-refractivity contribution in [2.24, 2.45) is 0 Å². The number of nitrogen functional groups attached to an aromatic ring is 1. The predicted molar refractivity (Wildman–Crippen MR) is 89.6 cm³/mol. The first kappa shape index (κ1) is 17.6. The summed E-state index contributed by atoms with van der Waals surface area (Å²) in [5, 5.41) is 9.52. The summed E-state index contributed by atoms with van der Waals surface area (Å²) in [6.45, 7) is -0.340. The van der Waals surface area contributed by atoms with Gasteiger partial charge < -0.3 is 39.3 Å². The number of hydrogen-bond donors (Lipinski definition) is 5. The smallest absolute Gasteiger partial charge is 0.277 e. The number of ether oxygens (including phenoxy) is 2. The van der Waals surface area contributed by atoms with Crippen LogP contribution in [0.4, 0.5) is 5.82 Å². The second-order valence-corrected chi connectivity index (χ2v) is 6.95. The van der Waals surface area contributed by atoms with Gasteiger partial charge in [0.2, 0.25) is 7.58 Å². The van der Waals surface area contributed by atoms with Gasteiger partial charge in [0.05, 0.1) is 18.5 Å². The van der Waals surface area contributed by atoms with Crippen LogP contribution in [0.1, 0.15) is 6.23 Å². The van der Waals surface area contributed by atoms with Gasteiger partial charge in [0.1, 0.15) is 24.1 Å². The van der Waals surface area contributed by atoms with E-state index in [1.807, 2.05) is 0 Å². The monoisotopic (exact) mass is 376 g/mol. The molecule has 1 fully saturated rings. The van der Waals surface area contributed by atoms with Gasteiger partial charge in [-0.2, -0.15) is 0 Å². The van der Waals surface area contributed by atoms with Gasteiger partial charge in [-0.05, 0) is 0 Å². The van der Waals surface area contributed by atoms with Crippen LogP contribution in [0.3, 0.4) is 0 Å². The van der Waals surface area contributed by atoms with Gasteiger partial charge in [-0.15, -0.1) is 0 Å². The van der Waals surface area contributed by atoms with Gasteiger partial charge in [0, 0.05) is 13.2 Å². The largest absolute Gasteiger partial charge is 0.394 e. The van der Waals surface area contributed by atoms with Crippen molar-refractivity contribution in [2.75, 3.05) is 19.5 Å². The molecule has 1 saturated heterocycles. The highest BCUT2D eigenvalue weighted by molar-refractivity contribution is 8.41. The minimum Gasteiger partial charge on any atom is -0.394 e. The van der Waals surface area contributed by atoms with Crippen molar-refractivity contribution in [3.05, 3.63) is 22.7 Å². The number of fused-ring (bicyclic) bond motifs is 1. The second kappa shape index (κ2) is 6.96. The number of hydrogen-bond acceptors (Lipinski definition) is 9. The molecule has 2 aromatic rings. The fourth-order valence-corrected chi connectivity index (χ4v) is 3.63. The highest BCUT2D eigenvalue weighted by Crippen LogP contribution is 2.44. The van der Waals surface area contributed by atoms with Crippen LogP contribution < -0.4 is 11.3 Å². The molecule has 1 aliphatic rings. The second-order valence-electron chi connectivity index (χ2n) is 5.21. The standard InChI is InChI=1S/C12H17N4O6PS/c1-20-10-9(22-23(19)24)6(3-17)21-12(10)16-4-14-8-5(16)2-7(13)15-11(8)18/h2,4,6,9-10,12,17,19,24H,3H2,1H3,(H3,13,15,18). The van der Waals surface area contributed by atoms with Crippen LogP contribution in [0.5, 0.6) is 0 Å². The van der Waals surface area contributed by atoms with Gasteiger partial charge in [-0.3, -0.25) is 4.79 Å². The van der Waals surface area contributed by atoms with Crippen LogP contribution in [0, 0.1) is 0 Å². The SMILES string of the molecule is COC1C(OP(O)S)C(CO)OC1n1cnc2c(=O)[nH]c(N)cc21. The van der Waals surface area contributed by atoms with Crippen LogP contribution in [0.25, 0.3) is 11.0 Å². The molecule has 0 saturated carbocycles. The Bertz CT molecular complexity index is 782.